The summed E-state index contributed by atoms with van der Waals surface area (Å²) in [5, 5.41) is 8.98. The smallest absolute Gasteiger partial charge is 0.328 e. The van der Waals surface area contributed by atoms with Gasteiger partial charge in [0.2, 0.25) is 0 Å². The van der Waals surface area contributed by atoms with Crippen LogP contribution in [-0.4, -0.2) is 60.1 Å². The van der Waals surface area contributed by atoms with Crippen molar-refractivity contribution in [3.05, 3.63) is 11.6 Å². The van der Waals surface area contributed by atoms with E-state index in [1.807, 2.05) is 0 Å². The van der Waals surface area contributed by atoms with Gasteiger partial charge in [0, 0.05) is 56.7 Å². The van der Waals surface area contributed by atoms with Crippen molar-refractivity contribution >= 4 is 5.97 Å². The predicted octanol–water partition coefficient (Wildman–Crippen LogP) is 0.265. The zero-order chi connectivity index (χ0) is 11.3. The number of carboxylic acids is 1. The first kappa shape index (κ1) is 10.3. The molecule has 0 aromatic rings. The fourth-order valence-corrected chi connectivity index (χ4v) is 3.77. The maximum Gasteiger partial charge on any atom is 0.328 e. The van der Waals surface area contributed by atoms with Gasteiger partial charge >= 0.3 is 5.97 Å². The molecular weight excluding hydrogens is 204 g/mol. The van der Waals surface area contributed by atoms with Gasteiger partial charge in [-0.05, 0) is 5.57 Å². The molecule has 4 aliphatic rings. The fraction of sp³-hybridized carbons (Fsp3) is 0.750. The fourth-order valence-electron chi connectivity index (χ4n) is 3.77. The highest BCUT2D eigenvalue weighted by molar-refractivity contribution is 5.81. The van der Waals surface area contributed by atoms with Gasteiger partial charge in [-0.15, -0.1) is 0 Å². The third kappa shape index (κ3) is 1.48. The summed E-state index contributed by atoms with van der Waals surface area (Å²) in [5.74, 6) is -0.349. The monoisotopic (exact) mass is 222 g/mol. The number of nitrogens with zero attached hydrogens (tertiary/aromatic N) is 2. The molecule has 0 amide bonds. The van der Waals surface area contributed by atoms with Gasteiger partial charge in [0.15, 0.2) is 0 Å². The van der Waals surface area contributed by atoms with E-state index in [0.717, 1.165) is 39.3 Å². The molecule has 4 heteroatoms. The Morgan fingerprint density at radius 1 is 1.38 bits per heavy atom. The standard InChI is InChI=1S/C12H18N2O2/c1-12-7-13-2-3-14(8-12)6-9(5-13)10(12)4-11(15)16/h4,9H,2-3,5-8H2,1H3,(H,15,16)/b10-4+. The summed E-state index contributed by atoms with van der Waals surface area (Å²) in [5.41, 5.74) is 1.24. The van der Waals surface area contributed by atoms with Crippen LogP contribution in [-0.2, 0) is 4.79 Å². The van der Waals surface area contributed by atoms with Crippen molar-refractivity contribution in [1.29, 1.82) is 0 Å². The summed E-state index contributed by atoms with van der Waals surface area (Å²) in [6.45, 7) is 8.66. The second-order valence-electron chi connectivity index (χ2n) is 5.67. The van der Waals surface area contributed by atoms with Crippen molar-refractivity contribution in [2.24, 2.45) is 11.3 Å². The second kappa shape index (κ2) is 3.31. The van der Waals surface area contributed by atoms with Crippen molar-refractivity contribution in [1.82, 2.24) is 9.80 Å². The minimum absolute atomic E-state index is 0.0655. The number of aliphatic carboxylic acids is 1. The van der Waals surface area contributed by atoms with Gasteiger partial charge in [-0.25, -0.2) is 4.79 Å². The molecule has 4 heterocycles. The van der Waals surface area contributed by atoms with Crippen LogP contribution in [0.25, 0.3) is 0 Å². The molecule has 4 saturated heterocycles. The van der Waals surface area contributed by atoms with Crippen molar-refractivity contribution in [3.63, 3.8) is 0 Å². The average molecular weight is 222 g/mol. The summed E-state index contributed by atoms with van der Waals surface area (Å²) in [7, 11) is 0. The highest BCUT2D eigenvalue weighted by Gasteiger charge is 2.48. The molecule has 16 heavy (non-hydrogen) atoms. The molecule has 4 aliphatic heterocycles. The molecule has 0 aliphatic carbocycles. The lowest BCUT2D eigenvalue weighted by molar-refractivity contribution is -0.131. The molecule has 0 radical (unpaired) electrons. The van der Waals surface area contributed by atoms with Crippen LogP contribution in [0.5, 0.6) is 0 Å². The molecule has 88 valence electrons. The Morgan fingerprint density at radius 2 is 1.94 bits per heavy atom. The van der Waals surface area contributed by atoms with Crippen LogP contribution in [0.1, 0.15) is 6.92 Å². The second-order valence-corrected chi connectivity index (χ2v) is 5.67. The Balaban J connectivity index is 2.01. The van der Waals surface area contributed by atoms with Gasteiger partial charge in [0.25, 0.3) is 0 Å². The van der Waals surface area contributed by atoms with Crippen LogP contribution in [0, 0.1) is 11.3 Å². The largest absolute Gasteiger partial charge is 0.478 e. The Kier molecular flexibility index (Phi) is 2.13. The van der Waals surface area contributed by atoms with E-state index in [0.29, 0.717) is 5.92 Å². The van der Waals surface area contributed by atoms with E-state index in [4.69, 9.17) is 5.11 Å². The predicted molar refractivity (Wildman–Crippen MR) is 60.2 cm³/mol. The Bertz CT molecular complexity index is 348. The number of piperidine rings is 2. The Hall–Kier alpha value is -0.870. The van der Waals surface area contributed by atoms with Gasteiger partial charge in [0.05, 0.1) is 0 Å². The van der Waals surface area contributed by atoms with E-state index in [2.05, 4.69) is 16.7 Å². The molecule has 2 unspecified atom stereocenters. The first-order chi connectivity index (χ1) is 7.57. The third-order valence-corrected chi connectivity index (χ3v) is 4.25. The van der Waals surface area contributed by atoms with Gasteiger partial charge < -0.3 is 14.9 Å². The summed E-state index contributed by atoms with van der Waals surface area (Å²) in [6, 6.07) is 0. The van der Waals surface area contributed by atoms with Crippen LogP contribution >= 0.6 is 0 Å². The quantitative estimate of drug-likeness (QED) is 0.647. The normalized spacial score (nSPS) is 48.3. The summed E-state index contributed by atoms with van der Waals surface area (Å²) < 4.78 is 0. The molecule has 4 fully saturated rings. The van der Waals surface area contributed by atoms with Gasteiger partial charge in [-0.2, -0.15) is 0 Å². The molecule has 4 bridgehead atoms. The maximum absolute atomic E-state index is 10.9. The van der Waals surface area contributed by atoms with Crippen molar-refractivity contribution in [2.75, 3.05) is 39.3 Å². The summed E-state index contributed by atoms with van der Waals surface area (Å²) in [4.78, 5) is 15.9. The molecule has 1 N–H and O–H groups in total. The average Bonchev–Trinajstić information content (AvgIpc) is 2.39. The molecule has 4 rings (SSSR count). The van der Waals surface area contributed by atoms with Crippen molar-refractivity contribution < 1.29 is 9.90 Å². The van der Waals surface area contributed by atoms with E-state index in [1.54, 1.807) is 0 Å². The minimum atomic E-state index is -0.785. The molecule has 0 saturated carbocycles. The van der Waals surface area contributed by atoms with Crippen LogP contribution in [0.2, 0.25) is 0 Å². The summed E-state index contributed by atoms with van der Waals surface area (Å²) in [6.07, 6.45) is 1.48. The molecule has 0 spiro atoms. The lowest BCUT2D eigenvalue weighted by Gasteiger charge is -2.50. The van der Waals surface area contributed by atoms with Crippen LogP contribution in [0.3, 0.4) is 0 Å². The van der Waals surface area contributed by atoms with Crippen LogP contribution in [0.4, 0.5) is 0 Å². The lowest BCUT2D eigenvalue weighted by Crippen LogP contribution is -2.55. The van der Waals surface area contributed by atoms with E-state index in [1.165, 1.54) is 11.6 Å². The molecule has 2 atom stereocenters. The minimum Gasteiger partial charge on any atom is -0.478 e. The number of hydrogen-bond acceptors (Lipinski definition) is 3. The molecular formula is C12H18N2O2. The lowest BCUT2D eigenvalue weighted by atomic mass is 9.69. The number of fused-ring (bicyclic) bond motifs is 1. The zero-order valence-corrected chi connectivity index (χ0v) is 9.65. The van der Waals surface area contributed by atoms with Gasteiger partial charge in [-0.3, -0.25) is 0 Å². The van der Waals surface area contributed by atoms with Crippen LogP contribution in [0.15, 0.2) is 11.6 Å². The van der Waals surface area contributed by atoms with Crippen molar-refractivity contribution in [3.8, 4) is 0 Å². The zero-order valence-electron chi connectivity index (χ0n) is 9.65. The highest BCUT2D eigenvalue weighted by Crippen LogP contribution is 2.44. The Labute approximate surface area is 95.5 Å². The molecule has 0 aromatic heterocycles. The van der Waals surface area contributed by atoms with Gasteiger partial charge in [-0.1, -0.05) is 6.92 Å². The topological polar surface area (TPSA) is 43.8 Å². The van der Waals surface area contributed by atoms with E-state index in [-0.39, 0.29) is 5.41 Å². The van der Waals surface area contributed by atoms with E-state index >= 15 is 0 Å². The van der Waals surface area contributed by atoms with Crippen LogP contribution < -0.4 is 0 Å². The molecule has 0 aromatic carbocycles. The van der Waals surface area contributed by atoms with E-state index in [9.17, 15) is 4.79 Å². The van der Waals surface area contributed by atoms with Crippen molar-refractivity contribution in [2.45, 2.75) is 6.92 Å². The van der Waals surface area contributed by atoms with E-state index < -0.39 is 5.97 Å². The first-order valence-electron chi connectivity index (χ1n) is 5.96. The summed E-state index contributed by atoms with van der Waals surface area (Å²) >= 11 is 0. The maximum atomic E-state index is 10.9. The Morgan fingerprint density at radius 3 is 2.38 bits per heavy atom. The first-order valence-corrected chi connectivity index (χ1v) is 5.96. The SMILES string of the molecule is CC12CN3CCN(CC(C3)/C1=C\C(=O)O)C2. The number of rotatable bonds is 1. The highest BCUT2D eigenvalue weighted by atomic mass is 16.4. The number of carboxylic acid groups (broad SMARTS) is 1. The van der Waals surface area contributed by atoms with Gasteiger partial charge in [0.1, 0.15) is 0 Å². The third-order valence-electron chi connectivity index (χ3n) is 4.25. The molecule has 4 nitrogen and oxygen atoms in total. The number of carbonyl (C=O) groups is 1. The number of hydrogen-bond donors (Lipinski definition) is 1.